The summed E-state index contributed by atoms with van der Waals surface area (Å²) in [6.07, 6.45) is 0. The lowest BCUT2D eigenvalue weighted by atomic mass is 10.3. The number of ether oxygens (including phenoxy) is 1. The second-order valence-corrected chi connectivity index (χ2v) is 5.86. The van der Waals surface area contributed by atoms with Gasteiger partial charge in [0.2, 0.25) is 5.95 Å². The number of imidazole rings is 1. The van der Waals surface area contributed by atoms with Crippen LogP contribution in [0.2, 0.25) is 0 Å². The van der Waals surface area contributed by atoms with E-state index in [9.17, 15) is 14.9 Å². The molecule has 0 aliphatic heterocycles. The molecule has 0 fully saturated rings. The van der Waals surface area contributed by atoms with Gasteiger partial charge in [0, 0.05) is 12.1 Å². The van der Waals surface area contributed by atoms with Crippen molar-refractivity contribution in [3.05, 3.63) is 82.3 Å². The molecule has 1 amide bonds. The van der Waals surface area contributed by atoms with E-state index in [-0.39, 0.29) is 18.1 Å². The summed E-state index contributed by atoms with van der Waals surface area (Å²) < 4.78 is 11.0. The lowest BCUT2D eigenvalue weighted by molar-refractivity contribution is -0.384. The van der Waals surface area contributed by atoms with Gasteiger partial charge in [0.15, 0.2) is 5.76 Å². The lowest BCUT2D eigenvalue weighted by Crippen LogP contribution is -2.12. The lowest BCUT2D eigenvalue weighted by Gasteiger charge is -2.03. The van der Waals surface area contributed by atoms with Gasteiger partial charge in [0.25, 0.3) is 11.6 Å². The van der Waals surface area contributed by atoms with Gasteiger partial charge < -0.3 is 14.1 Å². The summed E-state index contributed by atoms with van der Waals surface area (Å²) in [7, 11) is 0. The fourth-order valence-electron chi connectivity index (χ4n) is 2.58. The number of aromatic nitrogens is 2. The van der Waals surface area contributed by atoms with Gasteiger partial charge in [-0.05, 0) is 36.4 Å². The van der Waals surface area contributed by atoms with Crippen LogP contribution in [-0.4, -0.2) is 20.8 Å². The molecule has 0 saturated heterocycles. The zero-order chi connectivity index (χ0) is 19.5. The Hall–Kier alpha value is -4.14. The summed E-state index contributed by atoms with van der Waals surface area (Å²) in [6.45, 7) is 0.0791. The highest BCUT2D eigenvalue weighted by Gasteiger charge is 2.14. The molecule has 140 valence electrons. The minimum Gasteiger partial charge on any atom is -0.486 e. The summed E-state index contributed by atoms with van der Waals surface area (Å²) in [5.41, 5.74) is 1.54. The van der Waals surface area contributed by atoms with Crippen LogP contribution in [0.3, 0.4) is 0 Å². The number of carbonyl (C=O) groups excluding carboxylic acids is 1. The number of fused-ring (bicyclic) bond motifs is 1. The fourth-order valence-corrected chi connectivity index (χ4v) is 2.58. The number of anilines is 1. The largest absolute Gasteiger partial charge is 0.486 e. The van der Waals surface area contributed by atoms with E-state index in [4.69, 9.17) is 9.15 Å². The number of non-ortho nitro benzene ring substituents is 1. The number of aromatic amines is 1. The quantitative estimate of drug-likeness (QED) is 0.387. The summed E-state index contributed by atoms with van der Waals surface area (Å²) >= 11 is 0. The summed E-state index contributed by atoms with van der Waals surface area (Å²) in [6, 6.07) is 16.3. The number of hydrogen-bond donors (Lipinski definition) is 2. The molecule has 2 heterocycles. The molecule has 0 radical (unpaired) electrons. The van der Waals surface area contributed by atoms with Crippen molar-refractivity contribution < 1.29 is 18.9 Å². The zero-order valence-electron chi connectivity index (χ0n) is 14.4. The predicted octanol–water partition coefficient (Wildman–Crippen LogP) is 3.90. The van der Waals surface area contributed by atoms with Gasteiger partial charge in [0.05, 0.1) is 16.0 Å². The predicted molar refractivity (Wildman–Crippen MR) is 100 cm³/mol. The molecule has 0 atom stereocenters. The summed E-state index contributed by atoms with van der Waals surface area (Å²) in [4.78, 5) is 29.8. The molecule has 0 aliphatic rings. The number of nitrogens with zero attached hydrogens (tertiary/aromatic N) is 2. The van der Waals surface area contributed by atoms with Crippen molar-refractivity contribution >= 4 is 28.6 Å². The van der Waals surface area contributed by atoms with E-state index in [1.165, 1.54) is 30.3 Å². The van der Waals surface area contributed by atoms with Gasteiger partial charge in [-0.1, -0.05) is 12.1 Å². The molecule has 0 unspecified atom stereocenters. The third-order valence-electron chi connectivity index (χ3n) is 3.94. The topological polar surface area (TPSA) is 123 Å². The Bertz CT molecular complexity index is 1110. The molecule has 4 aromatic rings. The highest BCUT2D eigenvalue weighted by molar-refractivity contribution is 6.01. The highest BCUT2D eigenvalue weighted by Crippen LogP contribution is 2.19. The van der Waals surface area contributed by atoms with E-state index < -0.39 is 10.8 Å². The standard InChI is InChI=1S/C19H14N4O5/c24-18(22-19-20-15-3-1-2-4-16(15)21-19)17-10-9-14(28-17)11-27-13-7-5-12(6-8-13)23(25)26/h1-10H,11H2,(H2,20,21,22,24). The van der Waals surface area contributed by atoms with E-state index >= 15 is 0 Å². The molecule has 2 aromatic heterocycles. The van der Waals surface area contributed by atoms with Gasteiger partial charge in [-0.3, -0.25) is 20.2 Å². The molecule has 0 spiro atoms. The third-order valence-corrected chi connectivity index (χ3v) is 3.94. The first-order chi connectivity index (χ1) is 13.6. The summed E-state index contributed by atoms with van der Waals surface area (Å²) in [5.74, 6) is 0.887. The van der Waals surface area contributed by atoms with Crippen molar-refractivity contribution in [2.45, 2.75) is 6.61 Å². The monoisotopic (exact) mass is 378 g/mol. The average molecular weight is 378 g/mol. The Morgan fingerprint density at radius 3 is 2.68 bits per heavy atom. The number of para-hydroxylation sites is 2. The first-order valence-corrected chi connectivity index (χ1v) is 8.30. The number of nitro groups is 1. The van der Waals surface area contributed by atoms with Crippen LogP contribution in [0.5, 0.6) is 5.75 Å². The van der Waals surface area contributed by atoms with E-state index in [1.54, 1.807) is 6.07 Å². The minimum atomic E-state index is -0.483. The zero-order valence-corrected chi connectivity index (χ0v) is 14.4. The number of rotatable bonds is 6. The molecule has 4 rings (SSSR count). The van der Waals surface area contributed by atoms with Crippen LogP contribution in [0, 0.1) is 10.1 Å². The molecule has 9 nitrogen and oxygen atoms in total. The number of furan rings is 1. The van der Waals surface area contributed by atoms with Gasteiger partial charge in [-0.25, -0.2) is 4.98 Å². The van der Waals surface area contributed by atoms with E-state index in [1.807, 2.05) is 24.3 Å². The van der Waals surface area contributed by atoms with Crippen LogP contribution in [0.25, 0.3) is 11.0 Å². The second kappa shape index (κ2) is 7.23. The molecular formula is C19H14N4O5. The van der Waals surface area contributed by atoms with Crippen molar-refractivity contribution in [1.29, 1.82) is 0 Å². The smallest absolute Gasteiger partial charge is 0.293 e. The third kappa shape index (κ3) is 3.68. The van der Waals surface area contributed by atoms with Gasteiger partial charge in [-0.15, -0.1) is 0 Å². The van der Waals surface area contributed by atoms with Crippen molar-refractivity contribution in [1.82, 2.24) is 9.97 Å². The molecule has 28 heavy (non-hydrogen) atoms. The van der Waals surface area contributed by atoms with Crippen LogP contribution < -0.4 is 10.1 Å². The Balaban J connectivity index is 1.37. The SMILES string of the molecule is O=C(Nc1nc2ccccc2[nH]1)c1ccc(COc2ccc([N+](=O)[O-])cc2)o1. The molecule has 9 heteroatoms. The Kier molecular flexibility index (Phi) is 4.47. The Morgan fingerprint density at radius 2 is 1.93 bits per heavy atom. The van der Waals surface area contributed by atoms with Crippen LogP contribution in [0.4, 0.5) is 11.6 Å². The first kappa shape index (κ1) is 17.3. The van der Waals surface area contributed by atoms with Gasteiger partial charge >= 0.3 is 0 Å². The number of nitro benzene ring substituents is 1. The maximum atomic E-state index is 12.3. The number of carbonyl (C=O) groups is 1. The van der Waals surface area contributed by atoms with Crippen LogP contribution in [0.1, 0.15) is 16.3 Å². The molecule has 0 bridgehead atoms. The highest BCUT2D eigenvalue weighted by atomic mass is 16.6. The van der Waals surface area contributed by atoms with Crippen LogP contribution in [0.15, 0.2) is 65.1 Å². The fraction of sp³-hybridized carbons (Fsp3) is 0.0526. The molecule has 0 aliphatic carbocycles. The summed E-state index contributed by atoms with van der Waals surface area (Å²) in [5, 5.41) is 13.3. The van der Waals surface area contributed by atoms with E-state index in [2.05, 4.69) is 15.3 Å². The maximum absolute atomic E-state index is 12.3. The minimum absolute atomic E-state index is 0.0186. The van der Waals surface area contributed by atoms with E-state index in [0.29, 0.717) is 17.5 Å². The normalized spacial score (nSPS) is 10.7. The van der Waals surface area contributed by atoms with E-state index in [0.717, 1.165) is 11.0 Å². The van der Waals surface area contributed by atoms with Crippen molar-refractivity contribution in [3.63, 3.8) is 0 Å². The first-order valence-electron chi connectivity index (χ1n) is 8.30. The average Bonchev–Trinajstić information content (AvgIpc) is 3.33. The number of benzene rings is 2. The number of nitrogens with one attached hydrogen (secondary N) is 2. The van der Waals surface area contributed by atoms with Crippen molar-refractivity contribution in [3.8, 4) is 5.75 Å². The van der Waals surface area contributed by atoms with Gasteiger partial charge in [-0.2, -0.15) is 0 Å². The number of amides is 1. The van der Waals surface area contributed by atoms with Gasteiger partial charge in [0.1, 0.15) is 18.1 Å². The Labute approximate surface area is 158 Å². The van der Waals surface area contributed by atoms with Crippen LogP contribution in [-0.2, 0) is 6.61 Å². The number of H-pyrrole nitrogens is 1. The molecule has 2 N–H and O–H groups in total. The van der Waals surface area contributed by atoms with Crippen molar-refractivity contribution in [2.75, 3.05) is 5.32 Å². The molecule has 2 aromatic carbocycles. The Morgan fingerprint density at radius 1 is 1.14 bits per heavy atom. The second-order valence-electron chi connectivity index (χ2n) is 5.86. The molecular weight excluding hydrogens is 364 g/mol. The maximum Gasteiger partial charge on any atom is 0.293 e. The van der Waals surface area contributed by atoms with Crippen LogP contribution >= 0.6 is 0 Å². The molecule has 0 saturated carbocycles. The van der Waals surface area contributed by atoms with Crippen molar-refractivity contribution in [2.24, 2.45) is 0 Å². The number of hydrogen-bond acceptors (Lipinski definition) is 6.